The van der Waals surface area contributed by atoms with Crippen LogP contribution in [0, 0.1) is 12.8 Å². The quantitative estimate of drug-likeness (QED) is 0.227. The molecule has 3 N–H and O–H groups in total. The molecule has 2 aliphatic rings. The van der Waals surface area contributed by atoms with Crippen molar-refractivity contribution in [3.05, 3.63) is 29.8 Å². The molecule has 1 amide bonds. The van der Waals surface area contributed by atoms with Gasteiger partial charge in [-0.1, -0.05) is 30.5 Å². The van der Waals surface area contributed by atoms with Gasteiger partial charge in [-0.3, -0.25) is 9.79 Å². The van der Waals surface area contributed by atoms with Gasteiger partial charge in [0.05, 0.1) is 0 Å². The molecule has 2 fully saturated rings. The van der Waals surface area contributed by atoms with Gasteiger partial charge in [0.25, 0.3) is 0 Å². The highest BCUT2D eigenvalue weighted by molar-refractivity contribution is 14.0. The number of halogens is 1. The molecule has 1 saturated carbocycles. The van der Waals surface area contributed by atoms with Crippen molar-refractivity contribution in [1.82, 2.24) is 16.0 Å². The summed E-state index contributed by atoms with van der Waals surface area (Å²) in [4.78, 5) is 18.7. The lowest BCUT2D eigenvalue weighted by molar-refractivity contribution is -0.121. The number of aliphatic imine (C=N–C) groups is 1. The molecule has 1 aliphatic carbocycles. The molecule has 1 saturated heterocycles. The molecule has 1 atom stereocenters. The summed E-state index contributed by atoms with van der Waals surface area (Å²) in [6, 6.07) is 9.09. The molecule has 1 aromatic carbocycles. The van der Waals surface area contributed by atoms with Crippen LogP contribution in [-0.2, 0) is 4.79 Å². The van der Waals surface area contributed by atoms with Gasteiger partial charge in [0.2, 0.25) is 5.91 Å². The SMILES string of the molecule is CN=C(NCCNC(=O)CC1CCCC1)NC1CCN(c2ccc(C)cc2)C1.I. The Morgan fingerprint density at radius 2 is 1.79 bits per heavy atom. The van der Waals surface area contributed by atoms with Crippen LogP contribution in [0.15, 0.2) is 29.3 Å². The fraction of sp³-hybridized carbons (Fsp3) is 0.636. The Labute approximate surface area is 192 Å². The molecule has 0 spiro atoms. The molecule has 0 bridgehead atoms. The summed E-state index contributed by atoms with van der Waals surface area (Å²) in [5, 5.41) is 9.84. The van der Waals surface area contributed by atoms with Crippen LogP contribution in [0.5, 0.6) is 0 Å². The van der Waals surface area contributed by atoms with E-state index in [2.05, 4.69) is 57.0 Å². The predicted octanol–water partition coefficient (Wildman–Crippen LogP) is 3.05. The maximum absolute atomic E-state index is 12.0. The first-order chi connectivity index (χ1) is 13.6. The fourth-order valence-corrected chi connectivity index (χ4v) is 4.19. The van der Waals surface area contributed by atoms with Gasteiger partial charge < -0.3 is 20.9 Å². The number of carbonyl (C=O) groups is 1. The van der Waals surface area contributed by atoms with Gasteiger partial charge in [0.1, 0.15) is 0 Å². The average molecular weight is 513 g/mol. The summed E-state index contributed by atoms with van der Waals surface area (Å²) in [7, 11) is 1.79. The Hall–Kier alpha value is -1.51. The standard InChI is InChI=1S/C22H35N5O.HI/c1-17-7-9-20(10-8-17)27-14-11-19(16-27)26-22(23-2)25-13-12-24-21(28)15-18-5-3-4-6-18;/h7-10,18-19H,3-6,11-16H2,1-2H3,(H,24,28)(H2,23,25,26);1H. The van der Waals surface area contributed by atoms with E-state index in [1.54, 1.807) is 7.05 Å². The number of amides is 1. The van der Waals surface area contributed by atoms with Gasteiger partial charge in [-0.2, -0.15) is 0 Å². The van der Waals surface area contributed by atoms with E-state index in [1.807, 2.05) is 0 Å². The zero-order chi connectivity index (χ0) is 19.8. The molecular formula is C22H36IN5O. The summed E-state index contributed by atoms with van der Waals surface area (Å²) >= 11 is 0. The van der Waals surface area contributed by atoms with Gasteiger partial charge in [-0.25, -0.2) is 0 Å². The van der Waals surface area contributed by atoms with Crippen LogP contribution in [0.3, 0.4) is 0 Å². The molecule has 1 unspecified atom stereocenters. The minimum atomic E-state index is 0. The molecule has 1 heterocycles. The number of nitrogens with one attached hydrogen (secondary N) is 3. The lowest BCUT2D eigenvalue weighted by Crippen LogP contribution is -2.46. The minimum Gasteiger partial charge on any atom is -0.369 e. The number of hydrogen-bond acceptors (Lipinski definition) is 3. The molecule has 0 aromatic heterocycles. The minimum absolute atomic E-state index is 0. The highest BCUT2D eigenvalue weighted by Gasteiger charge is 2.23. The smallest absolute Gasteiger partial charge is 0.220 e. The zero-order valence-corrected chi connectivity index (χ0v) is 20.1. The van der Waals surface area contributed by atoms with Crippen LogP contribution in [0.25, 0.3) is 0 Å². The molecular weight excluding hydrogens is 477 g/mol. The molecule has 3 rings (SSSR count). The molecule has 1 aliphatic heterocycles. The number of hydrogen-bond donors (Lipinski definition) is 3. The van der Waals surface area contributed by atoms with Crippen LogP contribution in [0.4, 0.5) is 5.69 Å². The van der Waals surface area contributed by atoms with E-state index >= 15 is 0 Å². The van der Waals surface area contributed by atoms with E-state index in [9.17, 15) is 4.79 Å². The third kappa shape index (κ3) is 7.68. The van der Waals surface area contributed by atoms with Crippen molar-refractivity contribution in [1.29, 1.82) is 0 Å². The first kappa shape index (κ1) is 23.8. The third-order valence-corrected chi connectivity index (χ3v) is 5.84. The van der Waals surface area contributed by atoms with Gasteiger partial charge in [0, 0.05) is 51.4 Å². The monoisotopic (exact) mass is 513 g/mol. The van der Waals surface area contributed by atoms with Crippen molar-refractivity contribution >= 4 is 41.5 Å². The van der Waals surface area contributed by atoms with E-state index in [-0.39, 0.29) is 29.9 Å². The maximum Gasteiger partial charge on any atom is 0.220 e. The van der Waals surface area contributed by atoms with Gasteiger partial charge in [0.15, 0.2) is 5.96 Å². The number of guanidine groups is 1. The molecule has 7 heteroatoms. The van der Waals surface area contributed by atoms with Crippen molar-refractivity contribution in [3.63, 3.8) is 0 Å². The second kappa shape index (κ2) is 12.2. The molecule has 29 heavy (non-hydrogen) atoms. The Kier molecular flexibility index (Phi) is 10.0. The van der Waals surface area contributed by atoms with E-state index in [0.717, 1.165) is 25.5 Å². The highest BCUT2D eigenvalue weighted by atomic mass is 127. The summed E-state index contributed by atoms with van der Waals surface area (Å²) in [6.45, 7) is 5.46. The van der Waals surface area contributed by atoms with E-state index in [4.69, 9.17) is 0 Å². The predicted molar refractivity (Wildman–Crippen MR) is 131 cm³/mol. The highest BCUT2D eigenvalue weighted by Crippen LogP contribution is 2.27. The summed E-state index contributed by atoms with van der Waals surface area (Å²) in [5.74, 6) is 1.59. The zero-order valence-electron chi connectivity index (χ0n) is 17.7. The van der Waals surface area contributed by atoms with E-state index < -0.39 is 0 Å². The van der Waals surface area contributed by atoms with E-state index in [0.29, 0.717) is 31.5 Å². The number of anilines is 1. The summed E-state index contributed by atoms with van der Waals surface area (Å²) in [6.07, 6.45) is 6.76. The number of carbonyl (C=O) groups excluding carboxylic acids is 1. The number of nitrogens with zero attached hydrogens (tertiary/aromatic N) is 2. The van der Waals surface area contributed by atoms with Crippen molar-refractivity contribution in [2.45, 2.75) is 51.5 Å². The van der Waals surface area contributed by atoms with E-state index in [1.165, 1.54) is 36.9 Å². The molecule has 1 aromatic rings. The van der Waals surface area contributed by atoms with Crippen molar-refractivity contribution < 1.29 is 4.79 Å². The number of rotatable bonds is 7. The van der Waals surface area contributed by atoms with Gasteiger partial charge in [-0.15, -0.1) is 24.0 Å². The second-order valence-corrected chi connectivity index (χ2v) is 8.12. The molecule has 6 nitrogen and oxygen atoms in total. The number of aryl methyl sites for hydroxylation is 1. The maximum atomic E-state index is 12.0. The first-order valence-electron chi connectivity index (χ1n) is 10.7. The Morgan fingerprint density at radius 1 is 1.10 bits per heavy atom. The first-order valence-corrected chi connectivity index (χ1v) is 10.7. The van der Waals surface area contributed by atoms with Gasteiger partial charge >= 0.3 is 0 Å². The summed E-state index contributed by atoms with van der Waals surface area (Å²) < 4.78 is 0. The lowest BCUT2D eigenvalue weighted by Gasteiger charge is -2.20. The van der Waals surface area contributed by atoms with Crippen LogP contribution >= 0.6 is 24.0 Å². The van der Waals surface area contributed by atoms with Crippen molar-refractivity contribution in [2.24, 2.45) is 10.9 Å². The summed E-state index contributed by atoms with van der Waals surface area (Å²) in [5.41, 5.74) is 2.57. The molecule has 0 radical (unpaired) electrons. The van der Waals surface area contributed by atoms with Crippen molar-refractivity contribution in [3.8, 4) is 0 Å². The average Bonchev–Trinajstić information content (AvgIpc) is 3.37. The topological polar surface area (TPSA) is 68.8 Å². The Balaban J connectivity index is 0.00000300. The molecule has 162 valence electrons. The third-order valence-electron chi connectivity index (χ3n) is 5.84. The second-order valence-electron chi connectivity index (χ2n) is 8.12. The van der Waals surface area contributed by atoms with Crippen LogP contribution in [0.1, 0.15) is 44.1 Å². The van der Waals surface area contributed by atoms with Crippen LogP contribution in [0.2, 0.25) is 0 Å². The largest absolute Gasteiger partial charge is 0.369 e. The van der Waals surface area contributed by atoms with Crippen molar-refractivity contribution in [2.75, 3.05) is 38.1 Å². The van der Waals surface area contributed by atoms with Gasteiger partial charge in [-0.05, 0) is 44.2 Å². The fourth-order valence-electron chi connectivity index (χ4n) is 4.19. The lowest BCUT2D eigenvalue weighted by atomic mass is 10.0. The normalized spacial score (nSPS) is 19.7. The van der Waals surface area contributed by atoms with Crippen LogP contribution in [-0.4, -0.2) is 51.1 Å². The number of benzene rings is 1. The Bertz CT molecular complexity index is 658. The van der Waals surface area contributed by atoms with Crippen LogP contribution < -0.4 is 20.9 Å². The Morgan fingerprint density at radius 3 is 2.48 bits per heavy atom.